The summed E-state index contributed by atoms with van der Waals surface area (Å²) >= 11 is 1.67. The van der Waals surface area contributed by atoms with Gasteiger partial charge in [0.25, 0.3) is 0 Å². The summed E-state index contributed by atoms with van der Waals surface area (Å²) in [7, 11) is 1.77. The van der Waals surface area contributed by atoms with Crippen LogP contribution in [0, 0.1) is 6.92 Å². The molecule has 1 saturated heterocycles. The number of amides is 1. The Balaban J connectivity index is 1.97. The molecule has 1 fully saturated rings. The van der Waals surface area contributed by atoms with Crippen molar-refractivity contribution in [2.75, 3.05) is 26.7 Å². The number of rotatable bonds is 4. The van der Waals surface area contributed by atoms with Gasteiger partial charge < -0.3 is 15.1 Å². The number of carbonyl (C=O) groups is 1. The lowest BCUT2D eigenvalue weighted by Gasteiger charge is -2.49. The first-order chi connectivity index (χ1) is 11.2. The van der Waals surface area contributed by atoms with E-state index in [2.05, 4.69) is 48.4 Å². The molecule has 0 spiro atoms. The second kappa shape index (κ2) is 7.51. The van der Waals surface area contributed by atoms with E-state index in [0.29, 0.717) is 6.54 Å². The zero-order chi connectivity index (χ0) is 17.9. The van der Waals surface area contributed by atoms with Crippen LogP contribution in [0.15, 0.2) is 10.4 Å². The number of carbonyl (C=O) groups excluding carboxylic acids is 1. The van der Waals surface area contributed by atoms with Crippen LogP contribution in [0.2, 0.25) is 0 Å². The maximum Gasteiger partial charge on any atom is 0.242 e. The first kappa shape index (κ1) is 18.7. The predicted octanol–water partition coefficient (Wildman–Crippen LogP) is 1.90. The van der Waals surface area contributed by atoms with E-state index in [1.807, 2.05) is 16.7 Å². The monoisotopic (exact) mass is 351 g/mol. The van der Waals surface area contributed by atoms with Gasteiger partial charge in [0.2, 0.25) is 5.91 Å². The second-order valence-corrected chi connectivity index (χ2v) is 8.17. The highest BCUT2D eigenvalue weighted by molar-refractivity contribution is 7.09. The lowest BCUT2D eigenvalue weighted by molar-refractivity contribution is -0.145. The molecule has 1 aliphatic heterocycles. The molecular weight excluding hydrogens is 322 g/mol. The van der Waals surface area contributed by atoms with E-state index in [1.54, 1.807) is 18.4 Å². The van der Waals surface area contributed by atoms with Gasteiger partial charge in [-0.25, -0.2) is 4.98 Å². The maximum atomic E-state index is 12.6. The fraction of sp³-hybridized carbons (Fsp3) is 0.706. The van der Waals surface area contributed by atoms with E-state index in [0.717, 1.165) is 36.2 Å². The predicted molar refractivity (Wildman–Crippen MR) is 99.6 cm³/mol. The fourth-order valence-corrected chi connectivity index (χ4v) is 4.12. The number of piperazine rings is 1. The van der Waals surface area contributed by atoms with Gasteiger partial charge in [0.15, 0.2) is 5.96 Å². The van der Waals surface area contributed by atoms with E-state index in [-0.39, 0.29) is 17.5 Å². The van der Waals surface area contributed by atoms with Gasteiger partial charge in [-0.3, -0.25) is 9.79 Å². The molecule has 1 aromatic rings. The zero-order valence-corrected chi connectivity index (χ0v) is 16.4. The van der Waals surface area contributed by atoms with Crippen LogP contribution in [0.5, 0.6) is 0 Å². The number of nitrogens with one attached hydrogen (secondary N) is 1. The number of thiazole rings is 1. The van der Waals surface area contributed by atoms with Crippen molar-refractivity contribution in [3.63, 3.8) is 0 Å². The number of guanidine groups is 1. The van der Waals surface area contributed by atoms with Gasteiger partial charge >= 0.3 is 0 Å². The SMILES string of the molecule is CN=C(NCCc1csc(C)n1)N1CC(=O)N(C(C)C)C(C)(C)C1. The molecule has 0 radical (unpaired) electrons. The topological polar surface area (TPSA) is 60.8 Å². The molecule has 0 aromatic carbocycles. The van der Waals surface area contributed by atoms with Gasteiger partial charge in [-0.2, -0.15) is 0 Å². The van der Waals surface area contributed by atoms with E-state index in [1.165, 1.54) is 0 Å². The summed E-state index contributed by atoms with van der Waals surface area (Å²) in [6.07, 6.45) is 0.854. The molecule has 0 unspecified atom stereocenters. The largest absolute Gasteiger partial charge is 0.356 e. The van der Waals surface area contributed by atoms with Crippen molar-refractivity contribution in [1.29, 1.82) is 0 Å². The molecule has 1 aliphatic rings. The quantitative estimate of drug-likeness (QED) is 0.665. The Morgan fingerprint density at radius 3 is 2.71 bits per heavy atom. The summed E-state index contributed by atoms with van der Waals surface area (Å²) in [6.45, 7) is 12.3. The van der Waals surface area contributed by atoms with Gasteiger partial charge in [0.05, 0.1) is 22.8 Å². The molecule has 2 heterocycles. The van der Waals surface area contributed by atoms with Crippen LogP contribution < -0.4 is 5.32 Å². The summed E-state index contributed by atoms with van der Waals surface area (Å²) in [6, 6.07) is 0.206. The lowest BCUT2D eigenvalue weighted by atomic mass is 9.96. The molecule has 7 heteroatoms. The van der Waals surface area contributed by atoms with Gasteiger partial charge in [0, 0.05) is 38.0 Å². The number of hydrogen-bond acceptors (Lipinski definition) is 4. The van der Waals surface area contributed by atoms with E-state index < -0.39 is 0 Å². The number of aliphatic imine (C=N–C) groups is 1. The van der Waals surface area contributed by atoms with Gasteiger partial charge in [-0.1, -0.05) is 0 Å². The summed E-state index contributed by atoms with van der Waals surface area (Å²) in [5.41, 5.74) is 0.883. The molecule has 0 atom stereocenters. The van der Waals surface area contributed by atoms with Crippen LogP contribution in [0.25, 0.3) is 0 Å². The molecule has 6 nitrogen and oxygen atoms in total. The minimum atomic E-state index is -0.215. The van der Waals surface area contributed by atoms with Gasteiger partial charge in [-0.05, 0) is 34.6 Å². The number of aryl methyl sites for hydroxylation is 1. The smallest absolute Gasteiger partial charge is 0.242 e. The van der Waals surface area contributed by atoms with Crippen molar-refractivity contribution in [3.8, 4) is 0 Å². The minimum Gasteiger partial charge on any atom is -0.356 e. The Labute approximate surface area is 149 Å². The molecule has 2 rings (SSSR count). The average molecular weight is 352 g/mol. The Morgan fingerprint density at radius 1 is 1.50 bits per heavy atom. The van der Waals surface area contributed by atoms with Crippen molar-refractivity contribution >= 4 is 23.2 Å². The van der Waals surface area contributed by atoms with Crippen molar-refractivity contribution < 1.29 is 4.79 Å². The standard InChI is InChI=1S/C17H29N5OS/c1-12(2)22-15(23)9-21(11-17(22,4)5)16(18-6)19-8-7-14-10-24-13(3)20-14/h10,12H,7-9,11H2,1-6H3,(H,18,19). The maximum absolute atomic E-state index is 12.6. The normalized spacial score (nSPS) is 18.5. The van der Waals surface area contributed by atoms with Crippen LogP contribution in [-0.4, -0.2) is 64.9 Å². The van der Waals surface area contributed by atoms with Crippen LogP contribution in [0.3, 0.4) is 0 Å². The van der Waals surface area contributed by atoms with Gasteiger partial charge in [0.1, 0.15) is 0 Å². The zero-order valence-electron chi connectivity index (χ0n) is 15.6. The Morgan fingerprint density at radius 2 is 2.21 bits per heavy atom. The third-order valence-electron chi connectivity index (χ3n) is 4.18. The molecule has 0 aliphatic carbocycles. The molecule has 0 bridgehead atoms. The van der Waals surface area contributed by atoms with Crippen molar-refractivity contribution in [2.24, 2.45) is 4.99 Å². The van der Waals surface area contributed by atoms with Crippen molar-refractivity contribution in [3.05, 3.63) is 16.1 Å². The number of hydrogen-bond donors (Lipinski definition) is 1. The molecule has 1 N–H and O–H groups in total. The molecule has 1 aromatic heterocycles. The molecule has 0 saturated carbocycles. The first-order valence-corrected chi connectivity index (χ1v) is 9.31. The Bertz CT molecular complexity index is 608. The van der Waals surface area contributed by atoms with Crippen LogP contribution >= 0.6 is 11.3 Å². The Kier molecular flexibility index (Phi) is 5.85. The lowest BCUT2D eigenvalue weighted by Crippen LogP contribution is -2.66. The highest BCUT2D eigenvalue weighted by atomic mass is 32.1. The summed E-state index contributed by atoms with van der Waals surface area (Å²) in [5, 5.41) is 6.55. The van der Waals surface area contributed by atoms with Crippen molar-refractivity contribution in [1.82, 2.24) is 20.1 Å². The second-order valence-electron chi connectivity index (χ2n) is 7.11. The summed E-state index contributed by atoms with van der Waals surface area (Å²) < 4.78 is 0. The highest BCUT2D eigenvalue weighted by Crippen LogP contribution is 2.24. The van der Waals surface area contributed by atoms with E-state index in [4.69, 9.17) is 0 Å². The molecule has 1 amide bonds. The molecule has 24 heavy (non-hydrogen) atoms. The van der Waals surface area contributed by atoms with Crippen LogP contribution in [0.4, 0.5) is 0 Å². The number of nitrogens with zero attached hydrogens (tertiary/aromatic N) is 4. The fourth-order valence-electron chi connectivity index (χ4n) is 3.47. The highest BCUT2D eigenvalue weighted by Gasteiger charge is 2.40. The average Bonchev–Trinajstić information content (AvgIpc) is 2.86. The van der Waals surface area contributed by atoms with E-state index in [9.17, 15) is 4.79 Å². The number of aromatic nitrogens is 1. The third kappa shape index (κ3) is 4.26. The molecular formula is C17H29N5OS. The Hall–Kier alpha value is -1.63. The van der Waals surface area contributed by atoms with Crippen LogP contribution in [0.1, 0.15) is 38.4 Å². The van der Waals surface area contributed by atoms with Crippen LogP contribution in [-0.2, 0) is 11.2 Å². The summed E-state index contributed by atoms with van der Waals surface area (Å²) in [5.74, 6) is 0.936. The van der Waals surface area contributed by atoms with Crippen molar-refractivity contribution in [2.45, 2.75) is 52.6 Å². The minimum absolute atomic E-state index is 0.152. The molecule has 134 valence electrons. The van der Waals surface area contributed by atoms with E-state index >= 15 is 0 Å². The first-order valence-electron chi connectivity index (χ1n) is 8.43. The van der Waals surface area contributed by atoms with Gasteiger partial charge in [-0.15, -0.1) is 11.3 Å². The third-order valence-corrected chi connectivity index (χ3v) is 5.01. The summed E-state index contributed by atoms with van der Waals surface area (Å²) in [4.78, 5) is 25.4.